The van der Waals surface area contributed by atoms with Crippen molar-refractivity contribution in [3.05, 3.63) is 24.3 Å². The van der Waals surface area contributed by atoms with Crippen molar-refractivity contribution in [3.8, 4) is 0 Å². The summed E-state index contributed by atoms with van der Waals surface area (Å²) in [5, 5.41) is 11.0. The van der Waals surface area contributed by atoms with Gasteiger partial charge in [0.1, 0.15) is 31.1 Å². The van der Waals surface area contributed by atoms with E-state index < -0.39 is 0 Å². The molecule has 3 rings (SSSR count). The van der Waals surface area contributed by atoms with Gasteiger partial charge in [0.25, 0.3) is 0 Å². The number of hydrogen-bond acceptors (Lipinski definition) is 6. The van der Waals surface area contributed by atoms with Crippen molar-refractivity contribution in [2.45, 2.75) is 26.0 Å². The fourth-order valence-corrected chi connectivity index (χ4v) is 2.20. The van der Waals surface area contributed by atoms with E-state index in [0.29, 0.717) is 25.5 Å². The summed E-state index contributed by atoms with van der Waals surface area (Å²) in [7, 11) is 0. The first-order valence-corrected chi connectivity index (χ1v) is 6.89. The predicted octanol–water partition coefficient (Wildman–Crippen LogP) is -0.441. The van der Waals surface area contributed by atoms with Gasteiger partial charge in [0.2, 0.25) is 5.91 Å². The first-order chi connectivity index (χ1) is 10.3. The number of rotatable bonds is 4. The van der Waals surface area contributed by atoms with Gasteiger partial charge in [-0.05, 0) is 0 Å². The molecule has 0 radical (unpaired) electrons. The number of aromatic amines is 1. The summed E-state index contributed by atoms with van der Waals surface area (Å²) >= 11 is 0. The standard InChI is InChI=1S/C12H17N7O2/c1-2-10-15-12(17-16-10)9-5-18(3-4-21-9)11(20)6-19-8-13-7-14-19/h7-9H,2-6H2,1H3,(H,15,16,17). The second-order valence-corrected chi connectivity index (χ2v) is 4.79. The minimum Gasteiger partial charge on any atom is -0.366 e. The van der Waals surface area contributed by atoms with Crippen LogP contribution in [0.1, 0.15) is 24.7 Å². The summed E-state index contributed by atoms with van der Waals surface area (Å²) in [6.07, 6.45) is 3.44. The van der Waals surface area contributed by atoms with E-state index in [1.165, 1.54) is 17.3 Å². The van der Waals surface area contributed by atoms with Crippen LogP contribution in [0.4, 0.5) is 0 Å². The number of amides is 1. The molecule has 1 aliphatic heterocycles. The van der Waals surface area contributed by atoms with Gasteiger partial charge < -0.3 is 9.64 Å². The molecule has 0 bridgehead atoms. The maximum absolute atomic E-state index is 12.2. The lowest BCUT2D eigenvalue weighted by Crippen LogP contribution is -2.44. The molecule has 0 saturated carbocycles. The van der Waals surface area contributed by atoms with Crippen LogP contribution < -0.4 is 0 Å². The van der Waals surface area contributed by atoms with Crippen LogP contribution in [0, 0.1) is 0 Å². The molecule has 0 spiro atoms. The van der Waals surface area contributed by atoms with Crippen molar-refractivity contribution >= 4 is 5.91 Å². The van der Waals surface area contributed by atoms with Crippen LogP contribution in [-0.4, -0.2) is 60.4 Å². The molecule has 9 heteroatoms. The summed E-state index contributed by atoms with van der Waals surface area (Å²) in [5.41, 5.74) is 0. The lowest BCUT2D eigenvalue weighted by atomic mass is 10.2. The highest BCUT2D eigenvalue weighted by molar-refractivity contribution is 5.76. The Bertz CT molecular complexity index is 595. The molecule has 0 aliphatic carbocycles. The van der Waals surface area contributed by atoms with Gasteiger partial charge in [-0.1, -0.05) is 6.92 Å². The number of hydrogen-bond donors (Lipinski definition) is 1. The molecule has 1 saturated heterocycles. The van der Waals surface area contributed by atoms with E-state index in [0.717, 1.165) is 12.2 Å². The predicted molar refractivity (Wildman–Crippen MR) is 71.1 cm³/mol. The molecule has 1 amide bonds. The van der Waals surface area contributed by atoms with Crippen LogP contribution in [-0.2, 0) is 22.5 Å². The number of nitrogens with zero attached hydrogens (tertiary/aromatic N) is 6. The number of nitrogens with one attached hydrogen (secondary N) is 1. The highest BCUT2D eigenvalue weighted by Gasteiger charge is 2.28. The molecule has 3 heterocycles. The Labute approximate surface area is 121 Å². The van der Waals surface area contributed by atoms with Gasteiger partial charge in [-0.2, -0.15) is 10.2 Å². The number of ether oxygens (including phenoxy) is 1. The van der Waals surface area contributed by atoms with Crippen molar-refractivity contribution in [3.63, 3.8) is 0 Å². The van der Waals surface area contributed by atoms with E-state index in [4.69, 9.17) is 4.74 Å². The average Bonchev–Trinajstić information content (AvgIpc) is 3.18. The second kappa shape index (κ2) is 6.00. The van der Waals surface area contributed by atoms with Crippen LogP contribution in [0.15, 0.2) is 12.7 Å². The Morgan fingerprint density at radius 1 is 1.57 bits per heavy atom. The average molecular weight is 291 g/mol. The van der Waals surface area contributed by atoms with Crippen molar-refractivity contribution < 1.29 is 9.53 Å². The maximum atomic E-state index is 12.2. The Morgan fingerprint density at radius 2 is 2.48 bits per heavy atom. The fraction of sp³-hybridized carbons (Fsp3) is 0.583. The van der Waals surface area contributed by atoms with Crippen molar-refractivity contribution in [1.82, 2.24) is 34.8 Å². The second-order valence-electron chi connectivity index (χ2n) is 4.79. The zero-order chi connectivity index (χ0) is 14.7. The molecule has 2 aromatic rings. The van der Waals surface area contributed by atoms with Crippen LogP contribution in [0.25, 0.3) is 0 Å². The van der Waals surface area contributed by atoms with E-state index >= 15 is 0 Å². The van der Waals surface area contributed by atoms with Crippen molar-refractivity contribution in [1.29, 1.82) is 0 Å². The number of carbonyl (C=O) groups excluding carboxylic acids is 1. The lowest BCUT2D eigenvalue weighted by Gasteiger charge is -2.31. The van der Waals surface area contributed by atoms with Gasteiger partial charge in [0.15, 0.2) is 5.82 Å². The quantitative estimate of drug-likeness (QED) is 0.819. The zero-order valence-corrected chi connectivity index (χ0v) is 11.8. The lowest BCUT2D eigenvalue weighted by molar-refractivity contribution is -0.140. The molecule has 1 N–H and O–H groups in total. The Kier molecular flexibility index (Phi) is 3.91. The summed E-state index contributed by atoms with van der Waals surface area (Å²) in [6.45, 7) is 3.67. The summed E-state index contributed by atoms with van der Waals surface area (Å²) in [6, 6.07) is 0. The molecule has 1 fully saturated rings. The molecule has 1 aliphatic rings. The first kappa shape index (κ1) is 13.7. The van der Waals surface area contributed by atoms with Gasteiger partial charge >= 0.3 is 0 Å². The normalized spacial score (nSPS) is 18.9. The summed E-state index contributed by atoms with van der Waals surface area (Å²) < 4.78 is 7.17. The maximum Gasteiger partial charge on any atom is 0.244 e. The Hall–Kier alpha value is -2.29. The van der Waals surface area contributed by atoms with Crippen molar-refractivity contribution in [2.24, 2.45) is 0 Å². The Balaban J connectivity index is 1.63. The van der Waals surface area contributed by atoms with Crippen LogP contribution in [0.2, 0.25) is 0 Å². The molecule has 2 aromatic heterocycles. The molecule has 112 valence electrons. The third-order valence-corrected chi connectivity index (χ3v) is 3.35. The monoisotopic (exact) mass is 291 g/mol. The highest BCUT2D eigenvalue weighted by Crippen LogP contribution is 2.19. The van der Waals surface area contributed by atoms with E-state index in [1.807, 2.05) is 6.92 Å². The smallest absolute Gasteiger partial charge is 0.244 e. The molecular formula is C12H17N7O2. The van der Waals surface area contributed by atoms with E-state index in [-0.39, 0.29) is 18.6 Å². The SMILES string of the molecule is CCc1nc(C2CN(C(=O)Cn3cncn3)CCO2)n[nH]1. The molecular weight excluding hydrogens is 274 g/mol. The Morgan fingerprint density at radius 3 is 3.19 bits per heavy atom. The third-order valence-electron chi connectivity index (χ3n) is 3.35. The van der Waals surface area contributed by atoms with Gasteiger partial charge in [-0.3, -0.25) is 9.89 Å². The van der Waals surface area contributed by atoms with Gasteiger partial charge in [-0.25, -0.2) is 14.6 Å². The topological polar surface area (TPSA) is 102 Å². The molecule has 9 nitrogen and oxygen atoms in total. The summed E-state index contributed by atoms with van der Waals surface area (Å²) in [5.74, 6) is 1.41. The highest BCUT2D eigenvalue weighted by atomic mass is 16.5. The van der Waals surface area contributed by atoms with Crippen molar-refractivity contribution in [2.75, 3.05) is 19.7 Å². The number of H-pyrrole nitrogens is 1. The van der Waals surface area contributed by atoms with E-state index in [1.54, 1.807) is 4.90 Å². The number of aromatic nitrogens is 6. The third kappa shape index (κ3) is 3.07. The summed E-state index contributed by atoms with van der Waals surface area (Å²) in [4.78, 5) is 22.2. The number of morpholine rings is 1. The number of carbonyl (C=O) groups is 1. The van der Waals surface area contributed by atoms with Gasteiger partial charge in [0, 0.05) is 13.0 Å². The van der Waals surface area contributed by atoms with Gasteiger partial charge in [-0.15, -0.1) is 0 Å². The van der Waals surface area contributed by atoms with Crippen LogP contribution in [0.3, 0.4) is 0 Å². The van der Waals surface area contributed by atoms with Gasteiger partial charge in [0.05, 0.1) is 13.2 Å². The number of aryl methyl sites for hydroxylation is 1. The van der Waals surface area contributed by atoms with Crippen LogP contribution in [0.5, 0.6) is 0 Å². The van der Waals surface area contributed by atoms with Crippen LogP contribution >= 0.6 is 0 Å². The molecule has 21 heavy (non-hydrogen) atoms. The molecule has 0 aromatic carbocycles. The minimum atomic E-state index is -0.282. The minimum absolute atomic E-state index is 0.0138. The molecule has 1 unspecified atom stereocenters. The molecule has 1 atom stereocenters. The largest absolute Gasteiger partial charge is 0.366 e. The zero-order valence-electron chi connectivity index (χ0n) is 11.8. The van der Waals surface area contributed by atoms with E-state index in [9.17, 15) is 4.79 Å². The van der Waals surface area contributed by atoms with E-state index in [2.05, 4.69) is 25.3 Å². The fourth-order valence-electron chi connectivity index (χ4n) is 2.20. The first-order valence-electron chi connectivity index (χ1n) is 6.89.